The van der Waals surface area contributed by atoms with Crippen LogP contribution in [-0.4, -0.2) is 59.5 Å². The van der Waals surface area contributed by atoms with Gasteiger partial charge in [0, 0.05) is 43.5 Å². The van der Waals surface area contributed by atoms with Gasteiger partial charge in [-0.1, -0.05) is 35.9 Å². The number of aryl methyl sites for hydroxylation is 2. The topological polar surface area (TPSA) is 75.5 Å². The maximum atomic E-state index is 12.9. The molecule has 7 nitrogen and oxygen atoms in total. The molecule has 0 unspecified atom stereocenters. The lowest BCUT2D eigenvalue weighted by Crippen LogP contribution is -2.50. The first-order valence-electron chi connectivity index (χ1n) is 10.9. The van der Waals surface area contributed by atoms with Gasteiger partial charge < -0.3 is 4.90 Å². The number of aromatic nitrogens is 2. The van der Waals surface area contributed by atoms with Gasteiger partial charge in [0.05, 0.1) is 16.3 Å². The molecule has 0 N–H and O–H groups in total. The van der Waals surface area contributed by atoms with Crippen molar-refractivity contribution in [2.24, 2.45) is 0 Å². The van der Waals surface area contributed by atoms with Crippen molar-refractivity contribution in [2.45, 2.75) is 25.7 Å². The fourth-order valence-electron chi connectivity index (χ4n) is 3.98. The summed E-state index contributed by atoms with van der Waals surface area (Å²) in [5, 5.41) is 4.61. The van der Waals surface area contributed by atoms with Crippen molar-refractivity contribution in [2.75, 3.05) is 26.2 Å². The minimum atomic E-state index is -3.55. The average Bonchev–Trinajstić information content (AvgIpc) is 3.11. The Morgan fingerprint density at radius 3 is 2.18 bits per heavy atom. The zero-order chi connectivity index (χ0) is 23.6. The molecular weight excluding hydrogens is 436 g/mol. The Bertz CT molecular complexity index is 1270. The summed E-state index contributed by atoms with van der Waals surface area (Å²) in [6.45, 7) is 7.09. The van der Waals surface area contributed by atoms with Crippen molar-refractivity contribution in [1.29, 1.82) is 0 Å². The molecule has 8 heteroatoms. The van der Waals surface area contributed by atoms with E-state index < -0.39 is 10.0 Å². The van der Waals surface area contributed by atoms with E-state index in [1.165, 1.54) is 4.31 Å². The van der Waals surface area contributed by atoms with E-state index in [0.29, 0.717) is 13.1 Å². The van der Waals surface area contributed by atoms with Crippen LogP contribution in [0.2, 0.25) is 0 Å². The third kappa shape index (κ3) is 4.77. The normalized spacial score (nSPS) is 15.3. The van der Waals surface area contributed by atoms with Crippen LogP contribution >= 0.6 is 0 Å². The molecule has 2 aromatic carbocycles. The lowest BCUT2D eigenvalue weighted by Gasteiger charge is -2.33. The fraction of sp³-hybridized carbons (Fsp3) is 0.280. The Morgan fingerprint density at radius 1 is 0.909 bits per heavy atom. The minimum absolute atomic E-state index is 0.131. The molecule has 0 spiro atoms. The van der Waals surface area contributed by atoms with E-state index in [-0.39, 0.29) is 23.9 Å². The SMILES string of the molecule is Cc1ccc(S(=O)(=O)N2CCN(C(=O)/C=C/c3c(C)nn(-c4ccccc4)c3C)CC2)cc1. The molecule has 1 aromatic heterocycles. The maximum Gasteiger partial charge on any atom is 0.246 e. The number of sulfonamides is 1. The fourth-order valence-corrected chi connectivity index (χ4v) is 5.41. The Balaban J connectivity index is 1.42. The standard InChI is InChI=1S/C25H28N4O3S/c1-19-9-11-23(12-10-19)33(31,32)28-17-15-27(16-18-28)25(30)14-13-24-20(2)26-29(21(24)3)22-7-5-4-6-8-22/h4-14H,15-18H2,1-3H3/b14-13+. The molecule has 4 rings (SSSR count). The number of piperazine rings is 1. The summed E-state index contributed by atoms with van der Waals surface area (Å²) in [4.78, 5) is 14.7. The quantitative estimate of drug-likeness (QED) is 0.543. The number of rotatable bonds is 5. The highest BCUT2D eigenvalue weighted by atomic mass is 32.2. The van der Waals surface area contributed by atoms with E-state index in [2.05, 4.69) is 5.10 Å². The molecule has 1 aliphatic rings. The van der Waals surface area contributed by atoms with E-state index in [4.69, 9.17) is 0 Å². The van der Waals surface area contributed by atoms with Crippen molar-refractivity contribution in [3.8, 4) is 5.69 Å². The van der Waals surface area contributed by atoms with Crippen LogP contribution in [0.15, 0.2) is 65.6 Å². The van der Waals surface area contributed by atoms with Crippen molar-refractivity contribution in [3.05, 3.63) is 83.2 Å². The van der Waals surface area contributed by atoms with Gasteiger partial charge in [0.25, 0.3) is 0 Å². The van der Waals surface area contributed by atoms with Gasteiger partial charge in [-0.05, 0) is 51.1 Å². The zero-order valence-corrected chi connectivity index (χ0v) is 19.9. The second kappa shape index (κ2) is 9.33. The minimum Gasteiger partial charge on any atom is -0.337 e. The predicted molar refractivity (Wildman–Crippen MR) is 129 cm³/mol. The van der Waals surface area contributed by atoms with Crippen LogP contribution in [0.5, 0.6) is 0 Å². The highest BCUT2D eigenvalue weighted by molar-refractivity contribution is 7.89. The van der Waals surface area contributed by atoms with Crippen molar-refractivity contribution in [3.63, 3.8) is 0 Å². The van der Waals surface area contributed by atoms with E-state index in [1.807, 2.05) is 55.8 Å². The van der Waals surface area contributed by atoms with Crippen LogP contribution in [-0.2, 0) is 14.8 Å². The summed E-state index contributed by atoms with van der Waals surface area (Å²) in [5.41, 5.74) is 4.69. The molecule has 33 heavy (non-hydrogen) atoms. The third-order valence-corrected chi connectivity index (χ3v) is 7.86. The molecule has 172 valence electrons. The number of carbonyl (C=O) groups is 1. The number of para-hydroxylation sites is 1. The van der Waals surface area contributed by atoms with E-state index in [1.54, 1.807) is 41.3 Å². The van der Waals surface area contributed by atoms with E-state index in [9.17, 15) is 13.2 Å². The highest BCUT2D eigenvalue weighted by Gasteiger charge is 2.29. The Kier molecular flexibility index (Phi) is 6.49. The van der Waals surface area contributed by atoms with Crippen LogP contribution in [0.3, 0.4) is 0 Å². The molecule has 1 fully saturated rings. The smallest absolute Gasteiger partial charge is 0.246 e. The second-order valence-corrected chi connectivity index (χ2v) is 10.1. The van der Waals surface area contributed by atoms with Gasteiger partial charge in [0.15, 0.2) is 0 Å². The zero-order valence-electron chi connectivity index (χ0n) is 19.1. The number of carbonyl (C=O) groups excluding carboxylic acids is 1. The summed E-state index contributed by atoms with van der Waals surface area (Å²) in [6, 6.07) is 16.7. The van der Waals surface area contributed by atoms with Gasteiger partial charge in [-0.25, -0.2) is 13.1 Å². The second-order valence-electron chi connectivity index (χ2n) is 8.21. The molecule has 2 heterocycles. The highest BCUT2D eigenvalue weighted by Crippen LogP contribution is 2.21. The van der Waals surface area contributed by atoms with Crippen LogP contribution in [0.1, 0.15) is 22.5 Å². The van der Waals surface area contributed by atoms with Crippen LogP contribution in [0, 0.1) is 20.8 Å². The number of amides is 1. The summed E-state index contributed by atoms with van der Waals surface area (Å²) in [6.07, 6.45) is 3.35. The summed E-state index contributed by atoms with van der Waals surface area (Å²) in [5.74, 6) is -0.131. The lowest BCUT2D eigenvalue weighted by atomic mass is 10.1. The third-order valence-electron chi connectivity index (χ3n) is 5.95. The number of benzene rings is 2. The van der Waals surface area contributed by atoms with Gasteiger partial charge in [-0.3, -0.25) is 4.79 Å². The van der Waals surface area contributed by atoms with Gasteiger partial charge >= 0.3 is 0 Å². The molecule has 1 saturated heterocycles. The Morgan fingerprint density at radius 2 is 1.55 bits per heavy atom. The maximum absolute atomic E-state index is 12.9. The Labute approximate surface area is 195 Å². The molecule has 0 radical (unpaired) electrons. The number of hydrogen-bond donors (Lipinski definition) is 0. The first-order valence-corrected chi connectivity index (χ1v) is 12.4. The Hall–Kier alpha value is -3.23. The van der Waals surface area contributed by atoms with Crippen molar-refractivity contribution in [1.82, 2.24) is 19.0 Å². The van der Waals surface area contributed by atoms with Gasteiger partial charge in [0.1, 0.15) is 0 Å². The van der Waals surface area contributed by atoms with E-state index >= 15 is 0 Å². The first kappa shape index (κ1) is 22.9. The molecule has 1 aliphatic heterocycles. The van der Waals surface area contributed by atoms with Crippen LogP contribution in [0.25, 0.3) is 11.8 Å². The molecule has 0 bridgehead atoms. The first-order chi connectivity index (χ1) is 15.8. The van der Waals surface area contributed by atoms with E-state index in [0.717, 1.165) is 28.2 Å². The molecule has 0 aliphatic carbocycles. The van der Waals surface area contributed by atoms with Gasteiger partial charge in [-0.15, -0.1) is 0 Å². The molecular formula is C25H28N4O3S. The lowest BCUT2D eigenvalue weighted by molar-refractivity contribution is -0.127. The predicted octanol–water partition coefficient (Wildman–Crippen LogP) is 3.34. The molecule has 3 aromatic rings. The van der Waals surface area contributed by atoms with Crippen molar-refractivity contribution < 1.29 is 13.2 Å². The van der Waals surface area contributed by atoms with Gasteiger partial charge in [0.2, 0.25) is 15.9 Å². The monoisotopic (exact) mass is 464 g/mol. The van der Waals surface area contributed by atoms with Gasteiger partial charge in [-0.2, -0.15) is 9.40 Å². The van der Waals surface area contributed by atoms with Crippen LogP contribution < -0.4 is 0 Å². The van der Waals surface area contributed by atoms with Crippen LogP contribution in [0.4, 0.5) is 0 Å². The summed E-state index contributed by atoms with van der Waals surface area (Å²) < 4.78 is 29.1. The molecule has 1 amide bonds. The van der Waals surface area contributed by atoms with Crippen molar-refractivity contribution >= 4 is 22.0 Å². The molecule has 0 saturated carbocycles. The molecule has 0 atom stereocenters. The summed E-state index contributed by atoms with van der Waals surface area (Å²) >= 11 is 0. The summed E-state index contributed by atoms with van der Waals surface area (Å²) in [7, 11) is -3.55. The largest absolute Gasteiger partial charge is 0.337 e. The number of hydrogen-bond acceptors (Lipinski definition) is 4. The number of nitrogens with zero attached hydrogens (tertiary/aromatic N) is 4. The average molecular weight is 465 g/mol.